The van der Waals surface area contributed by atoms with Crippen molar-refractivity contribution in [1.29, 1.82) is 0 Å². The van der Waals surface area contributed by atoms with Crippen LogP contribution in [0.5, 0.6) is 0 Å². The van der Waals surface area contributed by atoms with Gasteiger partial charge in [-0.15, -0.1) is 0 Å². The van der Waals surface area contributed by atoms with Gasteiger partial charge >= 0.3 is 0 Å². The van der Waals surface area contributed by atoms with E-state index in [2.05, 4.69) is 12.2 Å². The van der Waals surface area contributed by atoms with Crippen LogP contribution < -0.4 is 11.1 Å². The first-order chi connectivity index (χ1) is 9.49. The first kappa shape index (κ1) is 14.3. The molecule has 1 aliphatic carbocycles. The molecule has 1 aliphatic rings. The van der Waals surface area contributed by atoms with Crippen molar-refractivity contribution in [2.45, 2.75) is 38.6 Å². The second kappa shape index (κ2) is 5.90. The number of benzene rings is 1. The molecule has 0 bridgehead atoms. The molecule has 108 valence electrons. The molecular formula is C14H19N3O3. The maximum atomic E-state index is 11.1. The van der Waals surface area contributed by atoms with Gasteiger partial charge in [0.25, 0.3) is 5.69 Å². The van der Waals surface area contributed by atoms with Crippen LogP contribution in [0.15, 0.2) is 18.2 Å². The molecule has 1 aromatic carbocycles. The van der Waals surface area contributed by atoms with Crippen molar-refractivity contribution in [3.05, 3.63) is 33.9 Å². The summed E-state index contributed by atoms with van der Waals surface area (Å²) < 4.78 is 0. The molecule has 20 heavy (non-hydrogen) atoms. The van der Waals surface area contributed by atoms with Crippen LogP contribution in [-0.2, 0) is 0 Å². The molecule has 3 N–H and O–H groups in total. The number of nitro groups is 1. The molecule has 0 heterocycles. The number of rotatable bonds is 4. The lowest BCUT2D eigenvalue weighted by molar-refractivity contribution is -0.384. The van der Waals surface area contributed by atoms with E-state index in [0.717, 1.165) is 19.3 Å². The molecule has 1 saturated carbocycles. The number of hydrogen-bond acceptors (Lipinski definition) is 4. The number of nitrogens with two attached hydrogens (primary N) is 1. The van der Waals surface area contributed by atoms with Crippen LogP contribution in [0, 0.1) is 16.0 Å². The van der Waals surface area contributed by atoms with Gasteiger partial charge in [-0.25, -0.2) is 0 Å². The Kier molecular flexibility index (Phi) is 4.22. The van der Waals surface area contributed by atoms with Crippen LogP contribution in [0.3, 0.4) is 0 Å². The molecule has 2 atom stereocenters. The summed E-state index contributed by atoms with van der Waals surface area (Å²) in [6.07, 6.45) is 4.48. The normalized spacial score (nSPS) is 22.2. The zero-order valence-corrected chi connectivity index (χ0v) is 11.5. The lowest BCUT2D eigenvalue weighted by Gasteiger charge is -2.30. The van der Waals surface area contributed by atoms with Crippen molar-refractivity contribution in [3.63, 3.8) is 0 Å². The van der Waals surface area contributed by atoms with Crippen molar-refractivity contribution in [1.82, 2.24) is 0 Å². The first-order valence-electron chi connectivity index (χ1n) is 6.84. The van der Waals surface area contributed by atoms with Gasteiger partial charge in [0.1, 0.15) is 5.69 Å². The van der Waals surface area contributed by atoms with E-state index in [4.69, 9.17) is 5.73 Å². The molecule has 0 radical (unpaired) electrons. The highest BCUT2D eigenvalue weighted by molar-refractivity contribution is 5.94. The fraction of sp³-hybridized carbons (Fsp3) is 0.500. The van der Waals surface area contributed by atoms with Crippen LogP contribution in [0.25, 0.3) is 0 Å². The van der Waals surface area contributed by atoms with Crippen LogP contribution in [0.2, 0.25) is 0 Å². The third-order valence-electron chi connectivity index (χ3n) is 3.93. The molecule has 6 heteroatoms. The summed E-state index contributed by atoms with van der Waals surface area (Å²) in [7, 11) is 0. The number of carbonyl (C=O) groups is 1. The van der Waals surface area contributed by atoms with Gasteiger partial charge in [0.15, 0.2) is 0 Å². The van der Waals surface area contributed by atoms with Gasteiger partial charge in [0, 0.05) is 17.7 Å². The van der Waals surface area contributed by atoms with Crippen LogP contribution in [0.1, 0.15) is 43.0 Å². The summed E-state index contributed by atoms with van der Waals surface area (Å²) >= 11 is 0. The predicted molar refractivity (Wildman–Crippen MR) is 76.7 cm³/mol. The topological polar surface area (TPSA) is 98.3 Å². The van der Waals surface area contributed by atoms with E-state index >= 15 is 0 Å². The van der Waals surface area contributed by atoms with Gasteiger partial charge in [-0.05, 0) is 30.9 Å². The molecule has 2 rings (SSSR count). The van der Waals surface area contributed by atoms with E-state index in [1.165, 1.54) is 18.6 Å². The number of nitro benzene ring substituents is 1. The Morgan fingerprint density at radius 1 is 1.40 bits per heavy atom. The van der Waals surface area contributed by atoms with E-state index in [0.29, 0.717) is 11.6 Å². The molecule has 0 aromatic heterocycles. The summed E-state index contributed by atoms with van der Waals surface area (Å²) in [5.74, 6) is -0.176. The molecule has 0 unspecified atom stereocenters. The van der Waals surface area contributed by atoms with Gasteiger partial charge in [-0.1, -0.05) is 19.8 Å². The molecule has 1 fully saturated rings. The van der Waals surface area contributed by atoms with E-state index in [1.54, 1.807) is 6.07 Å². The lowest BCUT2D eigenvalue weighted by atomic mass is 9.86. The SMILES string of the molecule is C[C@@H]1CCCC[C@@H]1Nc1ccc(C(N)=O)cc1[N+](=O)[O-]. The summed E-state index contributed by atoms with van der Waals surface area (Å²) in [6.45, 7) is 2.15. The fourth-order valence-electron chi connectivity index (χ4n) is 2.69. The third kappa shape index (κ3) is 3.07. The summed E-state index contributed by atoms with van der Waals surface area (Å²) in [4.78, 5) is 21.8. The molecule has 0 saturated heterocycles. The highest BCUT2D eigenvalue weighted by Gasteiger charge is 2.24. The number of carbonyl (C=O) groups excluding carboxylic acids is 1. The average molecular weight is 277 g/mol. The monoisotopic (exact) mass is 277 g/mol. The van der Waals surface area contributed by atoms with E-state index < -0.39 is 10.8 Å². The number of anilines is 1. The van der Waals surface area contributed by atoms with Crippen molar-refractivity contribution in [2.24, 2.45) is 11.7 Å². The highest BCUT2D eigenvalue weighted by atomic mass is 16.6. The minimum Gasteiger partial charge on any atom is -0.376 e. The molecule has 6 nitrogen and oxygen atoms in total. The van der Waals surface area contributed by atoms with E-state index in [1.807, 2.05) is 0 Å². The Morgan fingerprint density at radius 3 is 2.70 bits per heavy atom. The van der Waals surface area contributed by atoms with Crippen molar-refractivity contribution in [3.8, 4) is 0 Å². The largest absolute Gasteiger partial charge is 0.376 e. The Hall–Kier alpha value is -2.11. The minimum atomic E-state index is -0.661. The molecule has 0 aliphatic heterocycles. The molecular weight excluding hydrogens is 258 g/mol. The molecule has 0 spiro atoms. The third-order valence-corrected chi connectivity index (χ3v) is 3.93. The minimum absolute atomic E-state index is 0.0981. The Bertz CT molecular complexity index is 530. The van der Waals surface area contributed by atoms with Gasteiger partial charge < -0.3 is 11.1 Å². The Morgan fingerprint density at radius 2 is 2.10 bits per heavy atom. The predicted octanol–water partition coefficient (Wildman–Crippen LogP) is 2.68. The second-order valence-electron chi connectivity index (χ2n) is 5.37. The average Bonchev–Trinajstić information content (AvgIpc) is 2.41. The molecule has 1 amide bonds. The maximum Gasteiger partial charge on any atom is 0.293 e. The zero-order chi connectivity index (χ0) is 14.7. The quantitative estimate of drug-likeness (QED) is 0.653. The number of nitrogens with one attached hydrogen (secondary N) is 1. The lowest BCUT2D eigenvalue weighted by Crippen LogP contribution is -2.30. The number of hydrogen-bond donors (Lipinski definition) is 2. The summed E-state index contributed by atoms with van der Waals surface area (Å²) in [5.41, 5.74) is 5.67. The van der Waals surface area contributed by atoms with Crippen LogP contribution in [0.4, 0.5) is 11.4 Å². The van der Waals surface area contributed by atoms with E-state index in [-0.39, 0.29) is 17.3 Å². The van der Waals surface area contributed by atoms with Crippen LogP contribution in [-0.4, -0.2) is 16.9 Å². The smallest absolute Gasteiger partial charge is 0.293 e. The number of amides is 1. The number of primary amides is 1. The Labute approximate surface area is 117 Å². The number of nitrogens with zero attached hydrogens (tertiary/aromatic N) is 1. The van der Waals surface area contributed by atoms with Crippen LogP contribution >= 0.6 is 0 Å². The highest BCUT2D eigenvalue weighted by Crippen LogP contribution is 2.31. The van der Waals surface area contributed by atoms with E-state index in [9.17, 15) is 14.9 Å². The Balaban J connectivity index is 2.26. The van der Waals surface area contributed by atoms with Gasteiger partial charge in [0.05, 0.1) is 4.92 Å². The van der Waals surface area contributed by atoms with Gasteiger partial charge in [-0.2, -0.15) is 0 Å². The van der Waals surface area contributed by atoms with Crippen molar-refractivity contribution >= 4 is 17.3 Å². The van der Waals surface area contributed by atoms with Gasteiger partial charge in [0.2, 0.25) is 5.91 Å². The standard InChI is InChI=1S/C14H19N3O3/c1-9-4-2-3-5-11(9)16-12-7-6-10(14(15)18)8-13(12)17(19)20/h6-9,11,16H,2-5H2,1H3,(H2,15,18)/t9-,11+/m1/s1. The summed E-state index contributed by atoms with van der Waals surface area (Å²) in [5, 5.41) is 14.4. The van der Waals surface area contributed by atoms with Crippen molar-refractivity contribution in [2.75, 3.05) is 5.32 Å². The van der Waals surface area contributed by atoms with Gasteiger partial charge in [-0.3, -0.25) is 14.9 Å². The zero-order valence-electron chi connectivity index (χ0n) is 11.5. The fourth-order valence-corrected chi connectivity index (χ4v) is 2.69. The summed E-state index contributed by atoms with van der Waals surface area (Å²) in [6, 6.07) is 4.56. The maximum absolute atomic E-state index is 11.1. The van der Waals surface area contributed by atoms with Crippen molar-refractivity contribution < 1.29 is 9.72 Å². The first-order valence-corrected chi connectivity index (χ1v) is 6.84. The molecule has 1 aromatic rings. The second-order valence-corrected chi connectivity index (χ2v) is 5.37.